The van der Waals surface area contributed by atoms with E-state index >= 15 is 0 Å². The summed E-state index contributed by atoms with van der Waals surface area (Å²) in [7, 11) is 3.15. The molecule has 1 saturated heterocycles. The second-order valence-corrected chi connectivity index (χ2v) is 8.54. The summed E-state index contributed by atoms with van der Waals surface area (Å²) in [5.41, 5.74) is 7.92. The zero-order chi connectivity index (χ0) is 24.3. The minimum atomic E-state index is -0.559. The summed E-state index contributed by atoms with van der Waals surface area (Å²) in [6.45, 7) is 2.64. The van der Waals surface area contributed by atoms with Gasteiger partial charge in [-0.25, -0.2) is 0 Å². The van der Waals surface area contributed by atoms with E-state index in [2.05, 4.69) is 28.4 Å². The van der Waals surface area contributed by atoms with Crippen LogP contribution in [0.4, 0.5) is 0 Å². The lowest BCUT2D eigenvalue weighted by Gasteiger charge is -2.43. The van der Waals surface area contributed by atoms with Crippen molar-refractivity contribution in [2.45, 2.75) is 38.0 Å². The predicted octanol–water partition coefficient (Wildman–Crippen LogP) is 1.78. The highest BCUT2D eigenvalue weighted by Gasteiger charge is 2.38. The first kappa shape index (κ1) is 25.7. The van der Waals surface area contributed by atoms with Crippen LogP contribution in [0.1, 0.15) is 24.0 Å². The molecule has 8 heteroatoms. The quantitative estimate of drug-likeness (QED) is 0.522. The van der Waals surface area contributed by atoms with Gasteiger partial charge in [-0.1, -0.05) is 42.5 Å². The number of carbonyl (C=O) groups excluding carboxylic acids is 2. The monoisotopic (exact) mass is 468 g/mol. The Morgan fingerprint density at radius 3 is 2.53 bits per heavy atom. The average molecular weight is 469 g/mol. The number of methoxy groups -OCH3 is 2. The number of hydrogen-bond donors (Lipinski definition) is 2. The van der Waals surface area contributed by atoms with Crippen LogP contribution in [0.3, 0.4) is 0 Å². The number of piperidine rings is 1. The molecule has 2 aromatic rings. The fourth-order valence-corrected chi connectivity index (χ4v) is 4.48. The number of rotatable bonds is 11. The number of carbonyl (C=O) groups is 2. The van der Waals surface area contributed by atoms with Gasteiger partial charge >= 0.3 is 0 Å². The Balaban J connectivity index is 1.84. The van der Waals surface area contributed by atoms with Crippen molar-refractivity contribution < 1.29 is 19.1 Å². The summed E-state index contributed by atoms with van der Waals surface area (Å²) in [6, 6.07) is 17.9. The fourth-order valence-electron chi connectivity index (χ4n) is 4.48. The van der Waals surface area contributed by atoms with E-state index in [1.165, 1.54) is 12.7 Å². The molecule has 2 amide bonds. The molecule has 1 aliphatic rings. The van der Waals surface area contributed by atoms with E-state index in [9.17, 15) is 9.59 Å². The second kappa shape index (κ2) is 13.1. The molecule has 0 spiro atoms. The maximum Gasteiger partial charge on any atom is 0.249 e. The largest absolute Gasteiger partial charge is 0.497 e. The normalized spacial score (nSPS) is 18.1. The van der Waals surface area contributed by atoms with Crippen LogP contribution in [0.2, 0.25) is 0 Å². The minimum absolute atomic E-state index is 0.0388. The zero-order valence-electron chi connectivity index (χ0n) is 20.1. The van der Waals surface area contributed by atoms with Crippen molar-refractivity contribution in [1.29, 1.82) is 0 Å². The number of nitrogens with two attached hydrogens (primary N) is 1. The summed E-state index contributed by atoms with van der Waals surface area (Å²) < 4.78 is 10.5. The molecule has 1 heterocycles. The van der Waals surface area contributed by atoms with Gasteiger partial charge in [0.1, 0.15) is 18.4 Å². The third-order valence-corrected chi connectivity index (χ3v) is 6.17. The first-order valence-electron chi connectivity index (χ1n) is 11.7. The number of ether oxygens (including phenoxy) is 2. The van der Waals surface area contributed by atoms with Crippen LogP contribution < -0.4 is 15.8 Å². The van der Waals surface area contributed by atoms with Gasteiger partial charge in [-0.2, -0.15) is 0 Å². The molecule has 2 aromatic carbocycles. The van der Waals surface area contributed by atoms with Crippen molar-refractivity contribution in [3.05, 3.63) is 65.7 Å². The van der Waals surface area contributed by atoms with E-state index in [1.807, 2.05) is 36.4 Å². The molecule has 0 radical (unpaired) electrons. The predicted molar refractivity (Wildman–Crippen MR) is 131 cm³/mol. The van der Waals surface area contributed by atoms with Crippen molar-refractivity contribution in [2.75, 3.05) is 40.5 Å². The first-order chi connectivity index (χ1) is 16.5. The van der Waals surface area contributed by atoms with E-state index in [0.717, 1.165) is 24.3 Å². The third-order valence-electron chi connectivity index (χ3n) is 6.17. The molecule has 0 bridgehead atoms. The third kappa shape index (κ3) is 7.03. The van der Waals surface area contributed by atoms with Gasteiger partial charge in [-0.15, -0.1) is 0 Å². The van der Waals surface area contributed by atoms with Gasteiger partial charge in [0.25, 0.3) is 0 Å². The number of nitrogens with one attached hydrogen (secondary N) is 1. The van der Waals surface area contributed by atoms with Crippen molar-refractivity contribution in [3.8, 4) is 5.75 Å². The number of benzene rings is 2. The molecular formula is C26H36N4O4. The molecule has 1 unspecified atom stereocenters. The standard InChI is InChI=1S/C26H36N4O4/c1-33-19-25(31)30-14-11-22(16-24(30)26(32)28-13-12-27)29(17-20-7-4-3-5-8-20)18-21-9-6-10-23(15-21)34-2/h3-10,15,22,24H,11-14,16-19,27H2,1-2H3,(H,28,32)/t22?,24-/m1/s1. The van der Waals surface area contributed by atoms with E-state index in [0.29, 0.717) is 32.6 Å². The topological polar surface area (TPSA) is 97.1 Å². The van der Waals surface area contributed by atoms with E-state index in [1.54, 1.807) is 12.0 Å². The number of nitrogens with zero attached hydrogens (tertiary/aromatic N) is 2. The van der Waals surface area contributed by atoms with Crippen LogP contribution in [0.5, 0.6) is 5.75 Å². The first-order valence-corrected chi connectivity index (χ1v) is 11.7. The van der Waals surface area contributed by atoms with Crippen molar-refractivity contribution in [1.82, 2.24) is 15.1 Å². The van der Waals surface area contributed by atoms with Gasteiger partial charge in [-0.05, 0) is 36.1 Å². The Hall–Kier alpha value is -2.94. The van der Waals surface area contributed by atoms with Gasteiger partial charge in [-0.3, -0.25) is 14.5 Å². The molecule has 3 rings (SSSR count). The molecule has 0 saturated carbocycles. The van der Waals surface area contributed by atoms with Gasteiger partial charge < -0.3 is 25.4 Å². The van der Waals surface area contributed by atoms with Crippen LogP contribution in [-0.4, -0.2) is 74.2 Å². The maximum atomic E-state index is 13.0. The fraction of sp³-hybridized carbons (Fsp3) is 0.462. The van der Waals surface area contributed by atoms with Crippen molar-refractivity contribution in [3.63, 3.8) is 0 Å². The molecular weight excluding hydrogens is 432 g/mol. The second-order valence-electron chi connectivity index (χ2n) is 8.54. The van der Waals surface area contributed by atoms with Gasteiger partial charge in [0.15, 0.2) is 0 Å². The van der Waals surface area contributed by atoms with E-state index < -0.39 is 6.04 Å². The van der Waals surface area contributed by atoms with Crippen LogP contribution in [0.25, 0.3) is 0 Å². The number of amides is 2. The Labute approximate surface area is 202 Å². The Bertz CT molecular complexity index is 924. The Morgan fingerprint density at radius 1 is 1.09 bits per heavy atom. The summed E-state index contributed by atoms with van der Waals surface area (Å²) in [6.07, 6.45) is 1.32. The zero-order valence-corrected chi connectivity index (χ0v) is 20.1. The highest BCUT2D eigenvalue weighted by molar-refractivity contribution is 5.88. The molecule has 8 nitrogen and oxygen atoms in total. The highest BCUT2D eigenvalue weighted by atomic mass is 16.5. The molecule has 1 aliphatic heterocycles. The molecule has 0 aliphatic carbocycles. The van der Waals surface area contributed by atoms with Crippen LogP contribution in [0, 0.1) is 0 Å². The molecule has 2 atom stereocenters. The maximum absolute atomic E-state index is 13.0. The molecule has 0 aromatic heterocycles. The van der Waals surface area contributed by atoms with Crippen molar-refractivity contribution >= 4 is 11.8 Å². The highest BCUT2D eigenvalue weighted by Crippen LogP contribution is 2.26. The summed E-state index contributed by atoms with van der Waals surface area (Å²) in [5, 5.41) is 2.87. The Kier molecular flexibility index (Phi) is 9.88. The van der Waals surface area contributed by atoms with Gasteiger partial charge in [0, 0.05) is 45.9 Å². The van der Waals surface area contributed by atoms with Gasteiger partial charge in [0.2, 0.25) is 11.8 Å². The molecule has 184 valence electrons. The number of likely N-dealkylation sites (tertiary alicyclic amines) is 1. The molecule has 1 fully saturated rings. The summed E-state index contributed by atoms with van der Waals surface area (Å²) in [4.78, 5) is 29.7. The lowest BCUT2D eigenvalue weighted by molar-refractivity contribution is -0.146. The van der Waals surface area contributed by atoms with Crippen LogP contribution in [-0.2, 0) is 27.4 Å². The Morgan fingerprint density at radius 2 is 1.82 bits per heavy atom. The van der Waals surface area contributed by atoms with E-state index in [4.69, 9.17) is 15.2 Å². The average Bonchev–Trinajstić information content (AvgIpc) is 2.87. The minimum Gasteiger partial charge on any atom is -0.497 e. The van der Waals surface area contributed by atoms with Crippen LogP contribution >= 0.6 is 0 Å². The summed E-state index contributed by atoms with van der Waals surface area (Å²) in [5.74, 6) is 0.480. The lowest BCUT2D eigenvalue weighted by Crippen LogP contribution is -2.58. The smallest absolute Gasteiger partial charge is 0.249 e. The number of hydrogen-bond acceptors (Lipinski definition) is 6. The van der Waals surface area contributed by atoms with E-state index in [-0.39, 0.29) is 24.5 Å². The van der Waals surface area contributed by atoms with Gasteiger partial charge in [0.05, 0.1) is 7.11 Å². The summed E-state index contributed by atoms with van der Waals surface area (Å²) >= 11 is 0. The van der Waals surface area contributed by atoms with Crippen LogP contribution in [0.15, 0.2) is 54.6 Å². The molecule has 34 heavy (non-hydrogen) atoms. The lowest BCUT2D eigenvalue weighted by atomic mass is 9.93. The SMILES string of the molecule is COCC(=O)N1CCC(N(Cc2ccccc2)Cc2cccc(OC)c2)C[C@@H]1C(=O)NCCN. The van der Waals surface area contributed by atoms with Crippen molar-refractivity contribution in [2.24, 2.45) is 5.73 Å². The molecule has 3 N–H and O–H groups in total.